The van der Waals surface area contributed by atoms with E-state index in [1.54, 1.807) is 24.3 Å². The molecule has 0 radical (unpaired) electrons. The number of halogens is 2. The first-order chi connectivity index (χ1) is 14.2. The lowest BCUT2D eigenvalue weighted by Crippen LogP contribution is -2.44. The summed E-state index contributed by atoms with van der Waals surface area (Å²) in [6.45, 7) is 0.316. The van der Waals surface area contributed by atoms with Gasteiger partial charge in [0.15, 0.2) is 0 Å². The molecule has 1 saturated heterocycles. The predicted octanol–water partition coefficient (Wildman–Crippen LogP) is 4.08. The Morgan fingerprint density at radius 2 is 1.87 bits per heavy atom. The first-order valence-electron chi connectivity index (χ1n) is 9.13. The zero-order valence-electron chi connectivity index (χ0n) is 15.8. The summed E-state index contributed by atoms with van der Waals surface area (Å²) in [5.74, 6) is -1.31. The van der Waals surface area contributed by atoms with Crippen LogP contribution in [0, 0.1) is 16.0 Å². The van der Waals surface area contributed by atoms with Gasteiger partial charge in [0.25, 0.3) is 5.69 Å². The number of hydrogen-bond acceptors (Lipinski definition) is 5. The van der Waals surface area contributed by atoms with Crippen molar-refractivity contribution in [2.75, 3.05) is 18.4 Å². The molecule has 0 spiro atoms. The fraction of sp³-hybridized carbons (Fsp3) is 0.316. The minimum atomic E-state index is -3.74. The van der Waals surface area contributed by atoms with Crippen LogP contribution in [0.5, 0.6) is 0 Å². The van der Waals surface area contributed by atoms with E-state index in [1.807, 2.05) is 0 Å². The molecular weight excluding hydrogens is 453 g/mol. The van der Waals surface area contributed by atoms with Gasteiger partial charge in [-0.1, -0.05) is 35.3 Å². The fourth-order valence-corrected chi connectivity index (χ4v) is 5.66. The Labute approximate surface area is 184 Å². The van der Waals surface area contributed by atoms with E-state index in [0.29, 0.717) is 24.9 Å². The number of amides is 1. The summed E-state index contributed by atoms with van der Waals surface area (Å²) in [5, 5.41) is 14.1. The maximum absolute atomic E-state index is 12.9. The molecule has 2 aromatic carbocycles. The Morgan fingerprint density at radius 1 is 1.20 bits per heavy atom. The van der Waals surface area contributed by atoms with Crippen molar-refractivity contribution in [2.45, 2.75) is 18.6 Å². The van der Waals surface area contributed by atoms with Crippen molar-refractivity contribution in [2.24, 2.45) is 5.92 Å². The molecule has 1 aliphatic rings. The Bertz CT molecular complexity index is 1060. The number of nitrogens with zero attached hydrogens (tertiary/aromatic N) is 2. The number of carbonyl (C=O) groups is 1. The highest BCUT2D eigenvalue weighted by atomic mass is 35.5. The molecule has 11 heteroatoms. The molecule has 8 nitrogen and oxygen atoms in total. The van der Waals surface area contributed by atoms with E-state index in [0.717, 1.165) is 0 Å². The highest BCUT2D eigenvalue weighted by Gasteiger charge is 2.33. The standard InChI is InChI=1S/C19H19Cl2N3O5S/c20-17-7-2-8-18(21)16(17)12-30(28,29)23-9-3-4-13(11-23)19(25)22-14-5-1-6-15(10-14)24(26)27/h1-2,5-8,10,13H,3-4,9,11-12H2,(H,22,25)/t13-/m1/s1. The molecule has 0 aliphatic carbocycles. The Morgan fingerprint density at radius 3 is 2.53 bits per heavy atom. The van der Waals surface area contributed by atoms with Gasteiger partial charge in [-0.05, 0) is 31.0 Å². The van der Waals surface area contributed by atoms with Gasteiger partial charge >= 0.3 is 0 Å². The van der Waals surface area contributed by atoms with Gasteiger partial charge in [-0.25, -0.2) is 12.7 Å². The highest BCUT2D eigenvalue weighted by molar-refractivity contribution is 7.88. The number of non-ortho nitro benzene ring substituents is 1. The maximum Gasteiger partial charge on any atom is 0.271 e. The third kappa shape index (κ3) is 5.28. The third-order valence-electron chi connectivity index (χ3n) is 4.86. The molecule has 1 fully saturated rings. The predicted molar refractivity (Wildman–Crippen MR) is 115 cm³/mol. The van der Waals surface area contributed by atoms with Crippen LogP contribution in [0.3, 0.4) is 0 Å². The fourth-order valence-electron chi connectivity index (χ4n) is 3.29. The van der Waals surface area contributed by atoms with Crippen LogP contribution in [-0.2, 0) is 20.6 Å². The SMILES string of the molecule is O=C(Nc1cccc([N+](=O)[O-])c1)[C@@H]1CCCN(S(=O)(=O)Cc2c(Cl)cccc2Cl)C1. The zero-order valence-corrected chi connectivity index (χ0v) is 18.1. The molecule has 1 heterocycles. The normalized spacial score (nSPS) is 17.5. The van der Waals surface area contributed by atoms with E-state index in [1.165, 1.54) is 22.5 Å². The lowest BCUT2D eigenvalue weighted by atomic mass is 9.98. The van der Waals surface area contributed by atoms with Gasteiger partial charge in [0.2, 0.25) is 15.9 Å². The van der Waals surface area contributed by atoms with Gasteiger partial charge in [0, 0.05) is 46.5 Å². The number of anilines is 1. The molecule has 0 bridgehead atoms. The van der Waals surface area contributed by atoms with E-state index in [2.05, 4.69) is 5.32 Å². The number of piperidine rings is 1. The number of nitrogens with one attached hydrogen (secondary N) is 1. The molecule has 0 aromatic heterocycles. The molecule has 0 unspecified atom stereocenters. The lowest BCUT2D eigenvalue weighted by molar-refractivity contribution is -0.384. The minimum absolute atomic E-state index is 0.0190. The van der Waals surface area contributed by atoms with Crippen molar-refractivity contribution in [1.29, 1.82) is 0 Å². The number of benzene rings is 2. The molecule has 3 rings (SSSR count). The van der Waals surface area contributed by atoms with Crippen LogP contribution in [0.2, 0.25) is 10.0 Å². The van der Waals surface area contributed by atoms with Crippen molar-refractivity contribution >= 4 is 50.5 Å². The van der Waals surface area contributed by atoms with Crippen molar-refractivity contribution in [3.8, 4) is 0 Å². The van der Waals surface area contributed by atoms with E-state index < -0.39 is 20.9 Å². The van der Waals surface area contributed by atoms with Crippen LogP contribution in [0.1, 0.15) is 18.4 Å². The van der Waals surface area contributed by atoms with Crippen LogP contribution in [0.4, 0.5) is 11.4 Å². The molecule has 2 aromatic rings. The van der Waals surface area contributed by atoms with Gasteiger partial charge in [-0.3, -0.25) is 14.9 Å². The average Bonchev–Trinajstić information content (AvgIpc) is 2.71. The zero-order chi connectivity index (χ0) is 21.9. The lowest BCUT2D eigenvalue weighted by Gasteiger charge is -2.31. The average molecular weight is 472 g/mol. The first kappa shape index (κ1) is 22.5. The highest BCUT2D eigenvalue weighted by Crippen LogP contribution is 2.29. The summed E-state index contributed by atoms with van der Waals surface area (Å²) >= 11 is 12.2. The summed E-state index contributed by atoms with van der Waals surface area (Å²) in [4.78, 5) is 23.0. The summed E-state index contributed by atoms with van der Waals surface area (Å²) in [6.07, 6.45) is 1.03. The summed E-state index contributed by atoms with van der Waals surface area (Å²) in [7, 11) is -3.74. The largest absolute Gasteiger partial charge is 0.326 e. The number of nitro groups is 1. The first-order valence-corrected chi connectivity index (χ1v) is 11.5. The molecule has 1 N–H and O–H groups in total. The van der Waals surface area contributed by atoms with Crippen molar-refractivity contribution in [3.63, 3.8) is 0 Å². The maximum atomic E-state index is 12.9. The monoisotopic (exact) mass is 471 g/mol. The van der Waals surface area contributed by atoms with Crippen molar-refractivity contribution < 1.29 is 18.1 Å². The third-order valence-corrected chi connectivity index (χ3v) is 7.34. The van der Waals surface area contributed by atoms with E-state index in [9.17, 15) is 23.3 Å². The van der Waals surface area contributed by atoms with Crippen molar-refractivity contribution in [3.05, 3.63) is 68.2 Å². The Balaban J connectivity index is 1.70. The van der Waals surface area contributed by atoms with E-state index in [4.69, 9.17) is 23.2 Å². The van der Waals surface area contributed by atoms with Crippen LogP contribution in [-0.4, -0.2) is 36.6 Å². The number of rotatable bonds is 6. The van der Waals surface area contributed by atoms with E-state index >= 15 is 0 Å². The van der Waals surface area contributed by atoms with Crippen LogP contribution in [0.15, 0.2) is 42.5 Å². The second kappa shape index (κ2) is 9.30. The minimum Gasteiger partial charge on any atom is -0.326 e. The molecule has 0 saturated carbocycles. The smallest absolute Gasteiger partial charge is 0.271 e. The van der Waals surface area contributed by atoms with Crippen LogP contribution >= 0.6 is 23.2 Å². The summed E-state index contributed by atoms with van der Waals surface area (Å²) in [6, 6.07) is 10.4. The van der Waals surface area contributed by atoms with Crippen LogP contribution < -0.4 is 5.32 Å². The van der Waals surface area contributed by atoms with Gasteiger partial charge in [-0.2, -0.15) is 0 Å². The number of nitro benzene ring substituents is 1. The number of carbonyl (C=O) groups excluding carboxylic acids is 1. The Hall–Kier alpha value is -2.20. The summed E-state index contributed by atoms with van der Waals surface area (Å²) in [5.41, 5.74) is 0.471. The van der Waals surface area contributed by atoms with Gasteiger partial charge in [-0.15, -0.1) is 0 Å². The second-order valence-electron chi connectivity index (χ2n) is 6.95. The van der Waals surface area contributed by atoms with Crippen LogP contribution in [0.25, 0.3) is 0 Å². The number of hydrogen-bond donors (Lipinski definition) is 1. The molecular formula is C19H19Cl2N3O5S. The molecule has 160 valence electrons. The molecule has 30 heavy (non-hydrogen) atoms. The van der Waals surface area contributed by atoms with Crippen molar-refractivity contribution in [1.82, 2.24) is 4.31 Å². The molecule has 1 aliphatic heterocycles. The second-order valence-corrected chi connectivity index (χ2v) is 9.73. The van der Waals surface area contributed by atoms with E-state index in [-0.39, 0.29) is 39.6 Å². The number of sulfonamides is 1. The van der Waals surface area contributed by atoms with Gasteiger partial charge < -0.3 is 5.32 Å². The summed E-state index contributed by atoms with van der Waals surface area (Å²) < 4.78 is 27.1. The molecule has 1 atom stereocenters. The Kier molecular flexibility index (Phi) is 6.97. The van der Waals surface area contributed by atoms with Gasteiger partial charge in [0.1, 0.15) is 0 Å². The van der Waals surface area contributed by atoms with Gasteiger partial charge in [0.05, 0.1) is 16.6 Å². The quantitative estimate of drug-likeness (QED) is 0.503. The topological polar surface area (TPSA) is 110 Å². The molecule has 1 amide bonds.